The second-order valence-corrected chi connectivity index (χ2v) is 8.59. The van der Waals surface area contributed by atoms with E-state index in [9.17, 15) is 14.4 Å². The van der Waals surface area contributed by atoms with Crippen LogP contribution in [0.2, 0.25) is 0 Å². The van der Waals surface area contributed by atoms with Crippen molar-refractivity contribution in [3.63, 3.8) is 0 Å². The number of rotatable bonds is 7. The summed E-state index contributed by atoms with van der Waals surface area (Å²) in [5.74, 6) is -0.934. The topological polar surface area (TPSA) is 94.2 Å². The highest BCUT2D eigenvalue weighted by atomic mass is 16.5. The van der Waals surface area contributed by atoms with E-state index in [4.69, 9.17) is 14.2 Å². The highest BCUT2D eigenvalue weighted by Crippen LogP contribution is 2.36. The summed E-state index contributed by atoms with van der Waals surface area (Å²) in [4.78, 5) is 40.5. The molecular formula is C26H30N2O6. The molecule has 180 valence electrons. The number of hydrogen-bond donors (Lipinski definition) is 1. The van der Waals surface area contributed by atoms with Crippen LogP contribution in [0.3, 0.4) is 0 Å². The second-order valence-electron chi connectivity index (χ2n) is 8.59. The molecule has 34 heavy (non-hydrogen) atoms. The maximum atomic E-state index is 13.4. The first-order valence-electron chi connectivity index (χ1n) is 11.6. The molecule has 1 N–H and O–H groups in total. The van der Waals surface area contributed by atoms with Crippen molar-refractivity contribution in [1.29, 1.82) is 0 Å². The zero-order valence-corrected chi connectivity index (χ0v) is 19.5. The predicted octanol–water partition coefficient (Wildman–Crippen LogP) is 3.58. The van der Waals surface area contributed by atoms with Gasteiger partial charge in [-0.3, -0.25) is 14.4 Å². The van der Waals surface area contributed by atoms with Crippen molar-refractivity contribution in [2.24, 2.45) is 11.8 Å². The standard InChI is InChI=1S/C26H30N2O6/c1-32-22-12-11-18(15-23(22)33-2)27-24(29)16-34-26(31)20-9-5-4-8-19(20)25(30)28-14-13-17-7-3-6-10-21(17)28/h3,6-7,10-12,15,19-20H,4-5,8-9,13-14,16H2,1-2H3,(H,27,29). The van der Waals surface area contributed by atoms with E-state index in [0.717, 1.165) is 30.5 Å². The van der Waals surface area contributed by atoms with Crippen LogP contribution in [0, 0.1) is 11.8 Å². The number of hydrogen-bond acceptors (Lipinski definition) is 6. The molecule has 1 heterocycles. The Morgan fingerprint density at radius 3 is 2.47 bits per heavy atom. The number of methoxy groups -OCH3 is 2. The Morgan fingerprint density at radius 1 is 0.971 bits per heavy atom. The largest absolute Gasteiger partial charge is 0.493 e. The molecule has 8 nitrogen and oxygen atoms in total. The maximum absolute atomic E-state index is 13.4. The molecule has 2 unspecified atom stereocenters. The fourth-order valence-corrected chi connectivity index (χ4v) is 4.83. The lowest BCUT2D eigenvalue weighted by Gasteiger charge is -2.32. The highest BCUT2D eigenvalue weighted by Gasteiger charge is 2.40. The molecule has 1 saturated carbocycles. The van der Waals surface area contributed by atoms with Crippen LogP contribution in [-0.2, 0) is 25.5 Å². The Hall–Kier alpha value is -3.55. The van der Waals surface area contributed by atoms with Gasteiger partial charge in [0.15, 0.2) is 18.1 Å². The Balaban J connectivity index is 1.36. The number of nitrogens with zero attached hydrogens (tertiary/aromatic N) is 1. The third-order valence-corrected chi connectivity index (χ3v) is 6.55. The molecule has 1 aliphatic heterocycles. The van der Waals surface area contributed by atoms with Gasteiger partial charge in [0.1, 0.15) is 0 Å². The minimum atomic E-state index is -0.539. The number of esters is 1. The minimum absolute atomic E-state index is 0.0265. The van der Waals surface area contributed by atoms with Crippen molar-refractivity contribution in [2.45, 2.75) is 32.1 Å². The summed E-state index contributed by atoms with van der Waals surface area (Å²) in [6.07, 6.45) is 3.81. The number of para-hydroxylation sites is 1. The van der Waals surface area contributed by atoms with E-state index < -0.39 is 30.3 Å². The molecule has 1 fully saturated rings. The van der Waals surface area contributed by atoms with Gasteiger partial charge in [0.25, 0.3) is 5.91 Å². The van der Waals surface area contributed by atoms with Crippen LogP contribution in [0.25, 0.3) is 0 Å². The summed E-state index contributed by atoms with van der Waals surface area (Å²) in [6, 6.07) is 12.9. The highest BCUT2D eigenvalue weighted by molar-refractivity contribution is 5.99. The van der Waals surface area contributed by atoms with Crippen LogP contribution < -0.4 is 19.7 Å². The summed E-state index contributed by atoms with van der Waals surface area (Å²) < 4.78 is 15.8. The van der Waals surface area contributed by atoms with E-state index >= 15 is 0 Å². The molecule has 2 aliphatic rings. The monoisotopic (exact) mass is 466 g/mol. The van der Waals surface area contributed by atoms with E-state index in [1.54, 1.807) is 23.1 Å². The Kier molecular flexibility index (Phi) is 7.35. The molecule has 8 heteroatoms. The number of benzene rings is 2. The van der Waals surface area contributed by atoms with E-state index in [1.807, 2.05) is 24.3 Å². The van der Waals surface area contributed by atoms with Crippen LogP contribution in [0.1, 0.15) is 31.2 Å². The van der Waals surface area contributed by atoms with E-state index in [0.29, 0.717) is 36.6 Å². The SMILES string of the molecule is COc1ccc(NC(=O)COC(=O)C2CCCCC2C(=O)N2CCc3ccccc32)cc1OC. The average molecular weight is 467 g/mol. The van der Waals surface area contributed by atoms with Gasteiger partial charge in [0.2, 0.25) is 5.91 Å². The Labute approximate surface area is 199 Å². The third kappa shape index (κ3) is 5.00. The van der Waals surface area contributed by atoms with Gasteiger partial charge in [-0.05, 0) is 43.0 Å². The summed E-state index contributed by atoms with van der Waals surface area (Å²) in [6.45, 7) is 0.210. The van der Waals surface area contributed by atoms with Gasteiger partial charge >= 0.3 is 5.97 Å². The zero-order valence-electron chi connectivity index (χ0n) is 19.5. The number of amides is 2. The normalized spacial score (nSPS) is 19.2. The van der Waals surface area contributed by atoms with Crippen molar-refractivity contribution in [2.75, 3.05) is 37.6 Å². The first kappa shape index (κ1) is 23.6. The van der Waals surface area contributed by atoms with Gasteiger partial charge in [0.05, 0.1) is 26.1 Å². The first-order chi connectivity index (χ1) is 16.5. The van der Waals surface area contributed by atoms with Gasteiger partial charge in [0, 0.05) is 24.0 Å². The van der Waals surface area contributed by atoms with Crippen molar-refractivity contribution in [1.82, 2.24) is 0 Å². The molecule has 1 aliphatic carbocycles. The molecule has 0 spiro atoms. The van der Waals surface area contributed by atoms with Crippen molar-refractivity contribution >= 4 is 29.2 Å². The molecule has 0 bridgehead atoms. The second kappa shape index (κ2) is 10.6. The molecule has 2 amide bonds. The number of ether oxygens (including phenoxy) is 3. The first-order valence-corrected chi connectivity index (χ1v) is 11.6. The number of carbonyl (C=O) groups excluding carboxylic acids is 3. The van der Waals surface area contributed by atoms with Crippen molar-refractivity contribution < 1.29 is 28.6 Å². The zero-order chi connectivity index (χ0) is 24.1. The maximum Gasteiger partial charge on any atom is 0.310 e. The van der Waals surface area contributed by atoms with Crippen LogP contribution in [0.15, 0.2) is 42.5 Å². The molecule has 0 radical (unpaired) electrons. The molecule has 2 aromatic carbocycles. The molecular weight excluding hydrogens is 436 g/mol. The van der Waals surface area contributed by atoms with Crippen LogP contribution in [-0.4, -0.2) is 45.2 Å². The van der Waals surface area contributed by atoms with Crippen LogP contribution in [0.5, 0.6) is 11.5 Å². The number of carbonyl (C=O) groups is 3. The fourth-order valence-electron chi connectivity index (χ4n) is 4.83. The van der Waals surface area contributed by atoms with Gasteiger partial charge in [-0.2, -0.15) is 0 Å². The molecule has 0 saturated heterocycles. The summed E-state index contributed by atoms with van der Waals surface area (Å²) in [7, 11) is 3.04. The van der Waals surface area contributed by atoms with E-state index in [2.05, 4.69) is 5.32 Å². The summed E-state index contributed by atoms with van der Waals surface area (Å²) in [5, 5.41) is 2.69. The van der Waals surface area contributed by atoms with E-state index in [1.165, 1.54) is 14.2 Å². The minimum Gasteiger partial charge on any atom is -0.493 e. The van der Waals surface area contributed by atoms with Crippen molar-refractivity contribution in [3.05, 3.63) is 48.0 Å². The van der Waals surface area contributed by atoms with Crippen molar-refractivity contribution in [3.8, 4) is 11.5 Å². The Morgan fingerprint density at radius 2 is 1.71 bits per heavy atom. The van der Waals surface area contributed by atoms with Gasteiger partial charge in [-0.25, -0.2) is 0 Å². The molecule has 4 rings (SSSR count). The Bertz CT molecular complexity index is 1070. The van der Waals surface area contributed by atoms with Crippen LogP contribution >= 0.6 is 0 Å². The smallest absolute Gasteiger partial charge is 0.310 e. The average Bonchev–Trinajstić information content (AvgIpc) is 3.31. The van der Waals surface area contributed by atoms with Gasteiger partial charge in [-0.15, -0.1) is 0 Å². The third-order valence-electron chi connectivity index (χ3n) is 6.55. The lowest BCUT2D eigenvalue weighted by Crippen LogP contribution is -2.42. The van der Waals surface area contributed by atoms with Crippen LogP contribution in [0.4, 0.5) is 11.4 Å². The van der Waals surface area contributed by atoms with E-state index in [-0.39, 0.29) is 5.91 Å². The lowest BCUT2D eigenvalue weighted by molar-refractivity contribution is -0.156. The number of anilines is 2. The number of nitrogens with one attached hydrogen (secondary N) is 1. The predicted molar refractivity (Wildman–Crippen MR) is 127 cm³/mol. The number of fused-ring (bicyclic) bond motifs is 1. The molecule has 2 atom stereocenters. The van der Waals surface area contributed by atoms with Gasteiger partial charge < -0.3 is 24.4 Å². The molecule has 0 aromatic heterocycles. The quantitative estimate of drug-likeness (QED) is 0.627. The lowest BCUT2D eigenvalue weighted by atomic mass is 9.78. The summed E-state index contributed by atoms with van der Waals surface area (Å²) >= 11 is 0. The van der Waals surface area contributed by atoms with Gasteiger partial charge in [-0.1, -0.05) is 31.0 Å². The molecule has 2 aromatic rings. The fraction of sp³-hybridized carbons (Fsp3) is 0.423. The summed E-state index contributed by atoms with van der Waals surface area (Å²) in [5.41, 5.74) is 2.58.